The number of aryl methyl sites for hydroxylation is 1. The quantitative estimate of drug-likeness (QED) is 0.580. The number of Topliss-reactive ketones (excluding diaryl/α,β-unsaturated/α-hetero) is 1. The van der Waals surface area contributed by atoms with Crippen molar-refractivity contribution in [2.45, 2.75) is 26.4 Å². The van der Waals surface area contributed by atoms with Crippen molar-refractivity contribution in [3.8, 4) is 5.75 Å². The molecule has 4 nitrogen and oxygen atoms in total. The predicted molar refractivity (Wildman–Crippen MR) is 87.6 cm³/mol. The Balaban J connectivity index is 1.88. The number of carbonyl (C=O) groups is 2. The molecule has 1 atom stereocenters. The molecule has 1 unspecified atom stereocenters. The Hall–Kier alpha value is -2.62. The van der Waals surface area contributed by atoms with Crippen LogP contribution in [0.25, 0.3) is 0 Å². The van der Waals surface area contributed by atoms with Crippen molar-refractivity contribution in [1.29, 1.82) is 0 Å². The van der Waals surface area contributed by atoms with E-state index in [4.69, 9.17) is 9.47 Å². The van der Waals surface area contributed by atoms with E-state index in [1.54, 1.807) is 31.2 Å². The molecule has 0 amide bonds. The monoisotopic (exact) mass is 312 g/mol. The van der Waals surface area contributed by atoms with Gasteiger partial charge in [0.25, 0.3) is 0 Å². The van der Waals surface area contributed by atoms with E-state index in [0.29, 0.717) is 11.3 Å². The molecule has 0 spiro atoms. The van der Waals surface area contributed by atoms with Gasteiger partial charge in [0.15, 0.2) is 12.7 Å². The molecular formula is C19H20O4. The maximum absolute atomic E-state index is 12.1. The number of ether oxygens (including phenoxy) is 2. The lowest BCUT2D eigenvalue weighted by Crippen LogP contribution is -2.27. The molecule has 4 heteroatoms. The van der Waals surface area contributed by atoms with Crippen LogP contribution < -0.4 is 4.74 Å². The smallest absolute Gasteiger partial charge is 0.344 e. The molecule has 0 radical (unpaired) electrons. The van der Waals surface area contributed by atoms with Crippen LogP contribution in [-0.4, -0.2) is 24.5 Å². The molecule has 0 aliphatic rings. The highest BCUT2D eigenvalue weighted by Gasteiger charge is 2.19. The van der Waals surface area contributed by atoms with Gasteiger partial charge in [0, 0.05) is 5.56 Å². The molecule has 120 valence electrons. The Morgan fingerprint density at radius 2 is 1.65 bits per heavy atom. The van der Waals surface area contributed by atoms with Crippen molar-refractivity contribution in [2.75, 3.05) is 6.61 Å². The minimum atomic E-state index is -0.838. The minimum absolute atomic E-state index is 0.219. The SMILES string of the molecule is CCc1ccccc1OCC(=O)OC(C)C(=O)c1ccccc1. The molecule has 0 aromatic heterocycles. The third-order valence-electron chi connectivity index (χ3n) is 3.43. The second-order valence-electron chi connectivity index (χ2n) is 5.11. The first kappa shape index (κ1) is 16.7. The number of esters is 1. The molecular weight excluding hydrogens is 292 g/mol. The van der Waals surface area contributed by atoms with Crippen LogP contribution in [0.5, 0.6) is 5.75 Å². The highest BCUT2D eigenvalue weighted by Crippen LogP contribution is 2.18. The van der Waals surface area contributed by atoms with E-state index in [9.17, 15) is 9.59 Å². The summed E-state index contributed by atoms with van der Waals surface area (Å²) in [6.45, 7) is 3.36. The summed E-state index contributed by atoms with van der Waals surface area (Å²) in [7, 11) is 0. The summed E-state index contributed by atoms with van der Waals surface area (Å²) in [6, 6.07) is 16.3. The van der Waals surface area contributed by atoms with Crippen molar-refractivity contribution in [1.82, 2.24) is 0 Å². The highest BCUT2D eigenvalue weighted by atomic mass is 16.6. The number of benzene rings is 2. The fraction of sp³-hybridized carbons (Fsp3) is 0.263. The summed E-state index contributed by atoms with van der Waals surface area (Å²) < 4.78 is 10.6. The van der Waals surface area contributed by atoms with Crippen LogP contribution in [0.15, 0.2) is 54.6 Å². The summed E-state index contributed by atoms with van der Waals surface area (Å²) in [6.07, 6.45) is -0.0244. The van der Waals surface area contributed by atoms with Crippen molar-refractivity contribution in [3.63, 3.8) is 0 Å². The summed E-state index contributed by atoms with van der Waals surface area (Å²) in [5, 5.41) is 0. The average Bonchev–Trinajstić information content (AvgIpc) is 2.60. The van der Waals surface area contributed by atoms with Crippen molar-refractivity contribution in [3.05, 3.63) is 65.7 Å². The van der Waals surface area contributed by atoms with Gasteiger partial charge in [-0.25, -0.2) is 4.79 Å². The Labute approximate surface area is 136 Å². The predicted octanol–water partition coefficient (Wildman–Crippen LogP) is 3.44. The lowest BCUT2D eigenvalue weighted by molar-refractivity contribution is -0.148. The van der Waals surface area contributed by atoms with Gasteiger partial charge in [0.2, 0.25) is 5.78 Å². The number of carbonyl (C=O) groups excluding carboxylic acids is 2. The molecule has 0 aliphatic carbocycles. The molecule has 0 N–H and O–H groups in total. The van der Waals surface area contributed by atoms with Crippen LogP contribution in [0, 0.1) is 0 Å². The fourth-order valence-corrected chi connectivity index (χ4v) is 2.20. The summed E-state index contributed by atoms with van der Waals surface area (Å²) in [5.74, 6) is -0.130. The van der Waals surface area contributed by atoms with E-state index in [2.05, 4.69) is 0 Å². The molecule has 0 saturated carbocycles. The van der Waals surface area contributed by atoms with Crippen LogP contribution in [0.1, 0.15) is 29.8 Å². The zero-order chi connectivity index (χ0) is 16.7. The number of rotatable bonds is 7. The van der Waals surface area contributed by atoms with Gasteiger partial charge in [0.05, 0.1) is 0 Å². The van der Waals surface area contributed by atoms with Crippen LogP contribution in [-0.2, 0) is 16.0 Å². The molecule has 2 rings (SSSR count). The first-order chi connectivity index (χ1) is 11.1. The molecule has 2 aromatic carbocycles. The zero-order valence-electron chi connectivity index (χ0n) is 13.3. The van der Waals surface area contributed by atoms with Gasteiger partial charge in [-0.2, -0.15) is 0 Å². The molecule has 0 heterocycles. The van der Waals surface area contributed by atoms with E-state index in [1.807, 2.05) is 37.3 Å². The fourth-order valence-electron chi connectivity index (χ4n) is 2.20. The van der Waals surface area contributed by atoms with E-state index in [0.717, 1.165) is 12.0 Å². The van der Waals surface area contributed by atoms with Gasteiger partial charge in [-0.05, 0) is 25.0 Å². The van der Waals surface area contributed by atoms with E-state index in [-0.39, 0.29) is 12.4 Å². The lowest BCUT2D eigenvalue weighted by Gasteiger charge is -2.14. The van der Waals surface area contributed by atoms with Crippen LogP contribution >= 0.6 is 0 Å². The van der Waals surface area contributed by atoms with Gasteiger partial charge in [0.1, 0.15) is 5.75 Å². The summed E-state index contributed by atoms with van der Waals surface area (Å²) >= 11 is 0. The zero-order valence-corrected chi connectivity index (χ0v) is 13.3. The number of hydrogen-bond acceptors (Lipinski definition) is 4. The topological polar surface area (TPSA) is 52.6 Å². The molecule has 0 bridgehead atoms. The van der Waals surface area contributed by atoms with Crippen molar-refractivity contribution in [2.24, 2.45) is 0 Å². The lowest BCUT2D eigenvalue weighted by atomic mass is 10.1. The van der Waals surface area contributed by atoms with Gasteiger partial charge in [-0.3, -0.25) is 4.79 Å². The van der Waals surface area contributed by atoms with Crippen LogP contribution in [0.4, 0.5) is 0 Å². The number of ketones is 1. The second-order valence-corrected chi connectivity index (χ2v) is 5.11. The first-order valence-corrected chi connectivity index (χ1v) is 7.61. The van der Waals surface area contributed by atoms with Gasteiger partial charge in [-0.15, -0.1) is 0 Å². The molecule has 23 heavy (non-hydrogen) atoms. The van der Waals surface area contributed by atoms with Gasteiger partial charge >= 0.3 is 5.97 Å². The Morgan fingerprint density at radius 1 is 1.00 bits per heavy atom. The number of para-hydroxylation sites is 1. The first-order valence-electron chi connectivity index (χ1n) is 7.61. The molecule has 2 aromatic rings. The highest BCUT2D eigenvalue weighted by molar-refractivity contribution is 6.00. The molecule has 0 fully saturated rings. The average molecular weight is 312 g/mol. The van der Waals surface area contributed by atoms with Crippen LogP contribution in [0.3, 0.4) is 0 Å². The normalized spacial score (nSPS) is 11.6. The number of hydrogen-bond donors (Lipinski definition) is 0. The standard InChI is InChI=1S/C19H20O4/c1-3-15-9-7-8-12-17(15)22-13-18(20)23-14(2)19(21)16-10-5-4-6-11-16/h4-12,14H,3,13H2,1-2H3. The summed E-state index contributed by atoms with van der Waals surface area (Å²) in [5.41, 5.74) is 1.54. The van der Waals surface area contributed by atoms with Gasteiger partial charge < -0.3 is 9.47 Å². The van der Waals surface area contributed by atoms with Crippen molar-refractivity contribution < 1.29 is 19.1 Å². The van der Waals surface area contributed by atoms with Crippen molar-refractivity contribution >= 4 is 11.8 Å². The maximum atomic E-state index is 12.1. The van der Waals surface area contributed by atoms with Crippen LogP contribution in [0.2, 0.25) is 0 Å². The summed E-state index contributed by atoms with van der Waals surface area (Å²) in [4.78, 5) is 24.0. The third-order valence-corrected chi connectivity index (χ3v) is 3.43. The largest absolute Gasteiger partial charge is 0.482 e. The van der Waals surface area contributed by atoms with E-state index in [1.165, 1.54) is 0 Å². The molecule has 0 saturated heterocycles. The Bertz CT molecular complexity index is 664. The second kappa shape index (κ2) is 8.13. The Kier molecular flexibility index (Phi) is 5.92. The van der Waals surface area contributed by atoms with Gasteiger partial charge in [-0.1, -0.05) is 55.5 Å². The van der Waals surface area contributed by atoms with E-state index >= 15 is 0 Å². The molecule has 0 aliphatic heterocycles. The minimum Gasteiger partial charge on any atom is -0.482 e. The van der Waals surface area contributed by atoms with E-state index < -0.39 is 12.1 Å². The third kappa shape index (κ3) is 4.68. The maximum Gasteiger partial charge on any atom is 0.344 e. The Morgan fingerprint density at radius 3 is 2.35 bits per heavy atom.